The second-order valence-corrected chi connectivity index (χ2v) is 17.0. The van der Waals surface area contributed by atoms with Crippen molar-refractivity contribution in [2.75, 3.05) is 13.2 Å². The van der Waals surface area contributed by atoms with Gasteiger partial charge in [-0.05, 0) is 122 Å². The first-order chi connectivity index (χ1) is 26.3. The summed E-state index contributed by atoms with van der Waals surface area (Å²) in [6.45, 7) is 10.1. The van der Waals surface area contributed by atoms with Gasteiger partial charge in [-0.15, -0.1) is 11.3 Å². The fourth-order valence-corrected chi connectivity index (χ4v) is 8.90. The zero-order valence-corrected chi connectivity index (χ0v) is 34.1. The number of allylic oxidation sites excluding steroid dienone is 2. The Labute approximate surface area is 328 Å². The molecule has 0 saturated carbocycles. The third-order valence-corrected chi connectivity index (χ3v) is 12.6. The Balaban J connectivity index is 0.000000208. The Hall–Kier alpha value is -4.39. The number of benzene rings is 4. The van der Waals surface area contributed by atoms with Gasteiger partial charge in [-0.1, -0.05) is 125 Å². The Bertz CT molecular complexity index is 2040. The van der Waals surface area contributed by atoms with Crippen molar-refractivity contribution in [3.8, 4) is 32.4 Å². The van der Waals surface area contributed by atoms with Gasteiger partial charge in [-0.3, -0.25) is 0 Å². The highest BCUT2D eigenvalue weighted by atomic mass is 32.2. The van der Waals surface area contributed by atoms with Gasteiger partial charge in [0.15, 0.2) is 0 Å². The summed E-state index contributed by atoms with van der Waals surface area (Å²) >= 11 is 1.84. The number of rotatable bonds is 18. The van der Waals surface area contributed by atoms with Crippen molar-refractivity contribution in [1.82, 2.24) is 0 Å². The number of sulfone groups is 1. The van der Waals surface area contributed by atoms with E-state index in [9.17, 15) is 8.42 Å². The van der Waals surface area contributed by atoms with Crippen LogP contribution in [0.4, 0.5) is 0 Å². The van der Waals surface area contributed by atoms with Crippen LogP contribution in [0.3, 0.4) is 0 Å². The number of aryl methyl sites for hydroxylation is 2. The van der Waals surface area contributed by atoms with Gasteiger partial charge in [0.1, 0.15) is 11.5 Å². The maximum Gasteiger partial charge on any atom is 0.207 e. The fourth-order valence-electron chi connectivity index (χ4n) is 6.26. The van der Waals surface area contributed by atoms with E-state index in [0.29, 0.717) is 22.0 Å². The molecule has 1 aromatic heterocycles. The van der Waals surface area contributed by atoms with Gasteiger partial charge < -0.3 is 9.47 Å². The molecule has 6 heteroatoms. The predicted molar refractivity (Wildman–Crippen MR) is 231 cm³/mol. The molecule has 54 heavy (non-hydrogen) atoms. The molecule has 0 unspecified atom stereocenters. The summed E-state index contributed by atoms with van der Waals surface area (Å²) in [5.41, 5.74) is 6.35. The number of thiophene rings is 1. The molecule has 1 aliphatic heterocycles. The van der Waals surface area contributed by atoms with Crippen molar-refractivity contribution in [1.29, 1.82) is 0 Å². The lowest BCUT2D eigenvalue weighted by Crippen LogP contribution is -2.03. The van der Waals surface area contributed by atoms with E-state index >= 15 is 0 Å². The summed E-state index contributed by atoms with van der Waals surface area (Å²) in [6, 6.07) is 36.6. The highest BCUT2D eigenvalue weighted by Crippen LogP contribution is 2.38. The quantitative estimate of drug-likeness (QED) is 0.0835. The van der Waals surface area contributed by atoms with E-state index in [1.54, 1.807) is 12.2 Å². The standard InChI is InChI=1S/C24H28O3S.C24H28OS/c1-3-4-5-6-7-18-27-22-14-12-21(13-15-22)24-17-16-23(28(24,25)26)20-10-8-19(2)9-11-20;1-3-4-5-6-7-18-25-22-14-12-21(13-15-22)24-17-16-23(26-24)20-10-8-19(2)9-11-20/h8-17H,3-7,18H2,1-2H3;8-17H,3-7,18H2,1-2H3. The van der Waals surface area contributed by atoms with Crippen LogP contribution in [0.1, 0.15) is 100 Å². The van der Waals surface area contributed by atoms with Crippen molar-refractivity contribution in [3.63, 3.8) is 0 Å². The molecule has 1 aliphatic rings. The number of hydrogen-bond acceptors (Lipinski definition) is 5. The monoisotopic (exact) mass is 760 g/mol. The number of unbranched alkanes of at least 4 members (excludes halogenated alkanes) is 8. The molecule has 0 spiro atoms. The van der Waals surface area contributed by atoms with E-state index in [2.05, 4.69) is 81.4 Å². The average molecular weight is 761 g/mol. The molecule has 0 N–H and O–H groups in total. The van der Waals surface area contributed by atoms with Crippen LogP contribution in [0.5, 0.6) is 11.5 Å². The molecule has 4 nitrogen and oxygen atoms in total. The SMILES string of the molecule is CCCCCCCOc1ccc(-c2ccc(-c3ccc(C)cc3)s2)cc1.CCCCCCCOc1ccc(C2=CC=C(c3ccc(C)cc3)S2(=O)=O)cc1. The van der Waals surface area contributed by atoms with Crippen LogP contribution in [0.15, 0.2) is 121 Å². The predicted octanol–water partition coefficient (Wildman–Crippen LogP) is 13.9. The maximum atomic E-state index is 13.0. The molecular formula is C48H56O4S2. The van der Waals surface area contributed by atoms with E-state index in [1.165, 1.54) is 77.8 Å². The molecule has 6 rings (SSSR count). The lowest BCUT2D eigenvalue weighted by molar-refractivity contribution is 0.304. The van der Waals surface area contributed by atoms with Crippen LogP contribution in [-0.4, -0.2) is 21.6 Å². The average Bonchev–Trinajstić information content (AvgIpc) is 3.80. The Morgan fingerprint density at radius 3 is 1.20 bits per heavy atom. The van der Waals surface area contributed by atoms with Gasteiger partial charge >= 0.3 is 0 Å². The molecule has 0 bridgehead atoms. The van der Waals surface area contributed by atoms with Gasteiger partial charge in [-0.25, -0.2) is 8.42 Å². The summed E-state index contributed by atoms with van der Waals surface area (Å²) in [5.74, 6) is 1.75. The van der Waals surface area contributed by atoms with Crippen molar-refractivity contribution in [3.05, 3.63) is 144 Å². The molecule has 2 heterocycles. The zero-order valence-electron chi connectivity index (χ0n) is 32.5. The molecule has 284 valence electrons. The van der Waals surface area contributed by atoms with E-state index in [4.69, 9.17) is 9.47 Å². The topological polar surface area (TPSA) is 52.6 Å². The molecule has 5 aromatic rings. The first-order valence-electron chi connectivity index (χ1n) is 19.7. The lowest BCUT2D eigenvalue weighted by atomic mass is 10.1. The third-order valence-electron chi connectivity index (χ3n) is 9.55. The summed E-state index contributed by atoms with van der Waals surface area (Å²) in [6.07, 6.45) is 15.7. The molecule has 0 fully saturated rings. The first kappa shape index (κ1) is 40.8. The van der Waals surface area contributed by atoms with Gasteiger partial charge in [0.2, 0.25) is 9.84 Å². The smallest absolute Gasteiger partial charge is 0.207 e. The zero-order chi connectivity index (χ0) is 38.2. The second kappa shape index (κ2) is 20.9. The van der Waals surface area contributed by atoms with E-state index < -0.39 is 9.84 Å². The molecule has 0 saturated heterocycles. The number of ether oxygens (including phenoxy) is 2. The molecule has 0 aliphatic carbocycles. The van der Waals surface area contributed by atoms with Crippen molar-refractivity contribution in [2.24, 2.45) is 0 Å². The summed E-state index contributed by atoms with van der Waals surface area (Å²) in [7, 11) is -3.51. The number of hydrogen-bond donors (Lipinski definition) is 0. The minimum absolute atomic E-state index is 0.342. The Morgan fingerprint density at radius 2 is 0.796 bits per heavy atom. The Morgan fingerprint density at radius 1 is 0.444 bits per heavy atom. The van der Waals surface area contributed by atoms with Crippen molar-refractivity contribution >= 4 is 31.0 Å². The van der Waals surface area contributed by atoms with Crippen molar-refractivity contribution in [2.45, 2.75) is 91.9 Å². The summed E-state index contributed by atoms with van der Waals surface area (Å²) in [5, 5.41) is 0. The van der Waals surface area contributed by atoms with Gasteiger partial charge in [0, 0.05) is 9.75 Å². The Kier molecular flexibility index (Phi) is 15.8. The molecular weight excluding hydrogens is 705 g/mol. The van der Waals surface area contributed by atoms with Crippen LogP contribution in [0, 0.1) is 13.8 Å². The minimum Gasteiger partial charge on any atom is -0.494 e. The lowest BCUT2D eigenvalue weighted by Gasteiger charge is -2.10. The summed E-state index contributed by atoms with van der Waals surface area (Å²) < 4.78 is 37.6. The van der Waals surface area contributed by atoms with Gasteiger partial charge in [0.05, 0.1) is 23.0 Å². The van der Waals surface area contributed by atoms with Crippen LogP contribution < -0.4 is 9.47 Å². The first-order valence-corrected chi connectivity index (χ1v) is 22.0. The van der Waals surface area contributed by atoms with E-state index in [-0.39, 0.29) is 0 Å². The van der Waals surface area contributed by atoms with Crippen LogP contribution in [0.25, 0.3) is 30.7 Å². The van der Waals surface area contributed by atoms with Crippen molar-refractivity contribution < 1.29 is 17.9 Å². The highest BCUT2D eigenvalue weighted by molar-refractivity contribution is 8.09. The summed E-state index contributed by atoms with van der Waals surface area (Å²) in [4.78, 5) is 3.31. The molecule has 0 amide bonds. The van der Waals surface area contributed by atoms with Crippen LogP contribution in [0.2, 0.25) is 0 Å². The van der Waals surface area contributed by atoms with Crippen LogP contribution in [-0.2, 0) is 9.84 Å². The molecule has 0 radical (unpaired) electrons. The molecule has 4 aromatic carbocycles. The highest BCUT2D eigenvalue weighted by Gasteiger charge is 2.29. The largest absolute Gasteiger partial charge is 0.494 e. The minimum atomic E-state index is -3.51. The van der Waals surface area contributed by atoms with E-state index in [0.717, 1.165) is 42.1 Å². The second-order valence-electron chi connectivity index (χ2n) is 14.0. The molecule has 0 atom stereocenters. The van der Waals surface area contributed by atoms with Crippen LogP contribution >= 0.6 is 11.3 Å². The maximum absolute atomic E-state index is 13.0. The fraction of sp³-hybridized carbons (Fsp3) is 0.333. The van der Waals surface area contributed by atoms with Gasteiger partial charge in [0.25, 0.3) is 0 Å². The van der Waals surface area contributed by atoms with Gasteiger partial charge in [-0.2, -0.15) is 0 Å². The third kappa shape index (κ3) is 11.8. The normalized spacial score (nSPS) is 13.1. The van der Waals surface area contributed by atoms with E-state index in [1.807, 2.05) is 66.8 Å².